The lowest BCUT2D eigenvalue weighted by molar-refractivity contribution is 0.0301. The molecule has 68 valence electrons. The molecule has 0 N–H and O–H groups in total. The van der Waals surface area contributed by atoms with Crippen molar-refractivity contribution in [2.24, 2.45) is 5.92 Å². The highest BCUT2D eigenvalue weighted by molar-refractivity contribution is 4.86. The Morgan fingerprint density at radius 3 is 2.92 bits per heavy atom. The van der Waals surface area contributed by atoms with Crippen LogP contribution >= 0.6 is 0 Å². The summed E-state index contributed by atoms with van der Waals surface area (Å²) < 4.78 is 5.50. The van der Waals surface area contributed by atoms with Gasteiger partial charge in [-0.2, -0.15) is 0 Å². The lowest BCUT2D eigenvalue weighted by Crippen LogP contribution is -2.48. The van der Waals surface area contributed by atoms with Crippen LogP contribution in [0.3, 0.4) is 0 Å². The third-order valence-electron chi connectivity index (χ3n) is 2.62. The van der Waals surface area contributed by atoms with Crippen molar-refractivity contribution in [3.05, 3.63) is 12.3 Å². The van der Waals surface area contributed by atoms with Crippen molar-refractivity contribution >= 4 is 0 Å². The number of hydrogen-bond donors (Lipinski definition) is 0. The van der Waals surface area contributed by atoms with E-state index < -0.39 is 0 Å². The normalized spacial score (nSPS) is 31.2. The second kappa shape index (κ2) is 3.48. The first kappa shape index (κ1) is 8.11. The van der Waals surface area contributed by atoms with E-state index in [2.05, 4.69) is 17.9 Å². The molecule has 0 aromatic carbocycles. The largest absolute Gasteiger partial charge is 0.497 e. The molecule has 0 radical (unpaired) electrons. The average Bonchev–Trinajstić information content (AvgIpc) is 2.04. The summed E-state index contributed by atoms with van der Waals surface area (Å²) in [5.74, 6) is 0.907. The highest BCUT2D eigenvalue weighted by Crippen LogP contribution is 2.18. The summed E-state index contributed by atoms with van der Waals surface area (Å²) in [6.07, 6.45) is 6.81. The maximum absolute atomic E-state index is 5.50. The molecule has 0 aromatic rings. The summed E-state index contributed by atoms with van der Waals surface area (Å²) in [7, 11) is 0. The predicted octanol–water partition coefficient (Wildman–Crippen LogP) is 1.63. The van der Waals surface area contributed by atoms with Gasteiger partial charge in [0.15, 0.2) is 0 Å². The second-order valence-electron chi connectivity index (χ2n) is 4.03. The highest BCUT2D eigenvalue weighted by Gasteiger charge is 2.25. The summed E-state index contributed by atoms with van der Waals surface area (Å²) in [4.78, 5) is 2.48. The van der Waals surface area contributed by atoms with Crippen LogP contribution in [0, 0.1) is 5.92 Å². The van der Waals surface area contributed by atoms with Gasteiger partial charge in [-0.25, -0.2) is 0 Å². The lowest BCUT2D eigenvalue weighted by Gasteiger charge is -2.39. The molecule has 0 spiro atoms. The molecule has 0 amide bonds. The molecule has 2 aliphatic heterocycles. The smallest absolute Gasteiger partial charge is 0.111 e. The summed E-state index contributed by atoms with van der Waals surface area (Å²) in [5.41, 5.74) is 0. The van der Waals surface area contributed by atoms with E-state index in [0.717, 1.165) is 12.5 Å². The lowest BCUT2D eigenvalue weighted by atomic mass is 10.0. The third kappa shape index (κ3) is 1.81. The number of likely N-dealkylation sites (tertiary alicyclic amines) is 1. The minimum absolute atomic E-state index is 0.461. The van der Waals surface area contributed by atoms with Gasteiger partial charge in [0.25, 0.3) is 0 Å². The van der Waals surface area contributed by atoms with Crippen molar-refractivity contribution in [3.63, 3.8) is 0 Å². The number of hydrogen-bond acceptors (Lipinski definition) is 2. The molecular formula is C10H17NO. The van der Waals surface area contributed by atoms with E-state index in [1.165, 1.54) is 25.9 Å². The van der Waals surface area contributed by atoms with Crippen LogP contribution in [0.1, 0.15) is 19.8 Å². The molecule has 1 saturated heterocycles. The Hall–Kier alpha value is -0.500. The van der Waals surface area contributed by atoms with Crippen molar-refractivity contribution < 1.29 is 4.74 Å². The molecule has 2 rings (SSSR count). The summed E-state index contributed by atoms with van der Waals surface area (Å²) in [5, 5.41) is 0. The highest BCUT2D eigenvalue weighted by atomic mass is 16.5. The molecule has 0 aliphatic carbocycles. The summed E-state index contributed by atoms with van der Waals surface area (Å²) >= 11 is 0. The van der Waals surface area contributed by atoms with Crippen molar-refractivity contribution in [1.29, 1.82) is 0 Å². The minimum Gasteiger partial charge on any atom is -0.497 e. The van der Waals surface area contributed by atoms with Gasteiger partial charge in [0.1, 0.15) is 6.10 Å². The van der Waals surface area contributed by atoms with Gasteiger partial charge in [0.2, 0.25) is 0 Å². The van der Waals surface area contributed by atoms with Crippen LogP contribution in [0.25, 0.3) is 0 Å². The molecule has 12 heavy (non-hydrogen) atoms. The molecular weight excluding hydrogens is 150 g/mol. The Labute approximate surface area is 74.2 Å². The summed E-state index contributed by atoms with van der Waals surface area (Å²) in [6.45, 7) is 5.97. The Morgan fingerprint density at radius 1 is 1.50 bits per heavy atom. The Kier molecular flexibility index (Phi) is 2.35. The molecule has 0 saturated carbocycles. The van der Waals surface area contributed by atoms with Crippen LogP contribution in [0.2, 0.25) is 0 Å². The van der Waals surface area contributed by atoms with Gasteiger partial charge in [0, 0.05) is 19.6 Å². The van der Waals surface area contributed by atoms with E-state index in [9.17, 15) is 0 Å². The molecule has 2 heteroatoms. The van der Waals surface area contributed by atoms with Crippen LogP contribution in [-0.4, -0.2) is 30.6 Å². The van der Waals surface area contributed by atoms with Gasteiger partial charge in [-0.05, 0) is 24.8 Å². The Balaban J connectivity index is 1.69. The number of nitrogens with zero attached hydrogens (tertiary/aromatic N) is 1. The number of allylic oxidation sites excluding steroid dienone is 1. The number of rotatable bonds is 2. The van der Waals surface area contributed by atoms with E-state index in [4.69, 9.17) is 4.74 Å². The molecule has 2 aliphatic rings. The van der Waals surface area contributed by atoms with E-state index in [0.29, 0.717) is 6.10 Å². The van der Waals surface area contributed by atoms with Gasteiger partial charge >= 0.3 is 0 Å². The van der Waals surface area contributed by atoms with Crippen LogP contribution in [0.5, 0.6) is 0 Å². The zero-order valence-corrected chi connectivity index (χ0v) is 7.70. The third-order valence-corrected chi connectivity index (χ3v) is 2.62. The van der Waals surface area contributed by atoms with E-state index in [-0.39, 0.29) is 0 Å². The minimum atomic E-state index is 0.461. The zero-order chi connectivity index (χ0) is 8.39. The van der Waals surface area contributed by atoms with Crippen LogP contribution < -0.4 is 0 Å². The Bertz CT molecular complexity index is 173. The van der Waals surface area contributed by atoms with Crippen LogP contribution in [0.15, 0.2) is 12.3 Å². The topological polar surface area (TPSA) is 12.5 Å². The van der Waals surface area contributed by atoms with E-state index in [1.54, 1.807) is 0 Å². The SMILES string of the molecule is CC1CN(CC2CCC=CO2)C1. The molecule has 0 aromatic heterocycles. The maximum Gasteiger partial charge on any atom is 0.111 e. The van der Waals surface area contributed by atoms with Gasteiger partial charge < -0.3 is 4.74 Å². The predicted molar refractivity (Wildman–Crippen MR) is 48.9 cm³/mol. The van der Waals surface area contributed by atoms with E-state index in [1.807, 2.05) is 6.26 Å². The summed E-state index contributed by atoms with van der Waals surface area (Å²) in [6, 6.07) is 0. The second-order valence-corrected chi connectivity index (χ2v) is 4.03. The zero-order valence-electron chi connectivity index (χ0n) is 7.70. The molecule has 0 bridgehead atoms. The fourth-order valence-corrected chi connectivity index (χ4v) is 1.98. The first-order valence-corrected chi connectivity index (χ1v) is 4.87. The van der Waals surface area contributed by atoms with Crippen molar-refractivity contribution in [3.8, 4) is 0 Å². The molecule has 2 nitrogen and oxygen atoms in total. The Morgan fingerprint density at radius 2 is 2.33 bits per heavy atom. The van der Waals surface area contributed by atoms with Crippen LogP contribution in [0.4, 0.5) is 0 Å². The van der Waals surface area contributed by atoms with Gasteiger partial charge in [-0.3, -0.25) is 4.90 Å². The van der Waals surface area contributed by atoms with Crippen molar-refractivity contribution in [1.82, 2.24) is 4.90 Å². The standard InChI is InChI=1S/C10H17NO/c1-9-6-11(7-9)8-10-4-2-3-5-12-10/h3,5,9-10H,2,4,6-8H2,1H3. The molecule has 2 heterocycles. The van der Waals surface area contributed by atoms with Gasteiger partial charge in [-0.1, -0.05) is 6.92 Å². The maximum atomic E-state index is 5.50. The average molecular weight is 167 g/mol. The quantitative estimate of drug-likeness (QED) is 0.620. The van der Waals surface area contributed by atoms with Gasteiger partial charge in [-0.15, -0.1) is 0 Å². The molecule has 1 atom stereocenters. The van der Waals surface area contributed by atoms with Crippen LogP contribution in [-0.2, 0) is 4.74 Å². The van der Waals surface area contributed by atoms with Crippen molar-refractivity contribution in [2.45, 2.75) is 25.9 Å². The number of ether oxygens (including phenoxy) is 1. The monoisotopic (exact) mass is 167 g/mol. The van der Waals surface area contributed by atoms with Crippen molar-refractivity contribution in [2.75, 3.05) is 19.6 Å². The van der Waals surface area contributed by atoms with Gasteiger partial charge in [0.05, 0.1) is 6.26 Å². The fourth-order valence-electron chi connectivity index (χ4n) is 1.98. The molecule has 1 fully saturated rings. The first-order chi connectivity index (χ1) is 5.84. The first-order valence-electron chi connectivity index (χ1n) is 4.87. The van der Waals surface area contributed by atoms with E-state index >= 15 is 0 Å². The molecule has 1 unspecified atom stereocenters. The fraction of sp³-hybridized carbons (Fsp3) is 0.800.